The highest BCUT2D eigenvalue weighted by Crippen LogP contribution is 2.29. The van der Waals surface area contributed by atoms with Crippen LogP contribution >= 0.6 is 46.5 Å². The first-order valence-corrected chi connectivity index (χ1v) is 11.7. The molecule has 0 saturated carbocycles. The molecule has 0 aliphatic carbocycles. The van der Waals surface area contributed by atoms with E-state index in [0.717, 1.165) is 22.3 Å². The zero-order valence-corrected chi connectivity index (χ0v) is 18.5. The van der Waals surface area contributed by atoms with E-state index in [9.17, 15) is 4.79 Å². The van der Waals surface area contributed by atoms with Crippen molar-refractivity contribution in [3.63, 3.8) is 0 Å². The molecule has 6 nitrogen and oxygen atoms in total. The van der Waals surface area contributed by atoms with Crippen LogP contribution in [-0.2, 0) is 5.75 Å². The Kier molecular flexibility index (Phi) is 7.66. The highest BCUT2D eigenvalue weighted by molar-refractivity contribution is 8.00. The van der Waals surface area contributed by atoms with Crippen LogP contribution < -0.4 is 5.32 Å². The van der Waals surface area contributed by atoms with Gasteiger partial charge in [0.05, 0.1) is 11.2 Å². The Hall–Kier alpha value is -1.68. The lowest BCUT2D eigenvalue weighted by Gasteiger charge is -2.04. The van der Waals surface area contributed by atoms with Crippen LogP contribution in [0, 0.1) is 6.92 Å². The molecular formula is C18H18ClN5OS3. The van der Waals surface area contributed by atoms with Gasteiger partial charge in [0.1, 0.15) is 0 Å². The number of hydrogen-bond acceptors (Lipinski definition) is 8. The SMILES string of the molecule is CCCSc1ncc(Cl)c(C(=O)Nc2nnc(SCc3ccc(C)cc3)s2)n1. The molecular weight excluding hydrogens is 434 g/mol. The first kappa shape index (κ1) is 21.0. The second-order valence-electron chi connectivity index (χ2n) is 5.80. The van der Waals surface area contributed by atoms with E-state index in [2.05, 4.69) is 63.6 Å². The van der Waals surface area contributed by atoms with Gasteiger partial charge in [0.25, 0.3) is 5.91 Å². The molecule has 28 heavy (non-hydrogen) atoms. The van der Waals surface area contributed by atoms with E-state index < -0.39 is 5.91 Å². The van der Waals surface area contributed by atoms with Crippen molar-refractivity contribution in [1.82, 2.24) is 20.2 Å². The van der Waals surface area contributed by atoms with E-state index in [0.29, 0.717) is 10.3 Å². The van der Waals surface area contributed by atoms with Crippen molar-refractivity contribution in [2.75, 3.05) is 11.1 Å². The summed E-state index contributed by atoms with van der Waals surface area (Å²) in [5.41, 5.74) is 2.58. The molecule has 0 saturated heterocycles. The smallest absolute Gasteiger partial charge is 0.277 e. The van der Waals surface area contributed by atoms with Gasteiger partial charge in [0.15, 0.2) is 15.2 Å². The number of amides is 1. The Morgan fingerprint density at radius 2 is 2.00 bits per heavy atom. The van der Waals surface area contributed by atoms with Crippen molar-refractivity contribution in [3.8, 4) is 0 Å². The third kappa shape index (κ3) is 5.91. The van der Waals surface area contributed by atoms with E-state index in [-0.39, 0.29) is 10.7 Å². The first-order chi connectivity index (χ1) is 13.5. The summed E-state index contributed by atoms with van der Waals surface area (Å²) in [7, 11) is 0. The lowest BCUT2D eigenvalue weighted by Crippen LogP contribution is -2.15. The maximum absolute atomic E-state index is 12.5. The van der Waals surface area contributed by atoms with Crippen molar-refractivity contribution in [2.45, 2.75) is 35.5 Å². The maximum atomic E-state index is 12.5. The number of halogens is 1. The lowest BCUT2D eigenvalue weighted by molar-refractivity contribution is 0.102. The number of nitrogens with zero attached hydrogens (tertiary/aromatic N) is 4. The molecule has 3 rings (SSSR count). The summed E-state index contributed by atoms with van der Waals surface area (Å²) in [6.07, 6.45) is 2.44. The van der Waals surface area contributed by atoms with E-state index in [1.54, 1.807) is 11.8 Å². The Bertz CT molecular complexity index is 949. The zero-order valence-electron chi connectivity index (χ0n) is 15.3. The van der Waals surface area contributed by atoms with Crippen LogP contribution in [-0.4, -0.2) is 31.8 Å². The summed E-state index contributed by atoms with van der Waals surface area (Å²) in [5.74, 6) is 1.25. The topological polar surface area (TPSA) is 80.7 Å². The van der Waals surface area contributed by atoms with Gasteiger partial charge in [0.2, 0.25) is 5.13 Å². The van der Waals surface area contributed by atoms with Crippen LogP contribution in [0.25, 0.3) is 0 Å². The molecule has 0 bridgehead atoms. The zero-order chi connectivity index (χ0) is 19.9. The third-order valence-corrected chi connectivity index (χ3v) is 6.87. The van der Waals surface area contributed by atoms with E-state index >= 15 is 0 Å². The van der Waals surface area contributed by atoms with Crippen molar-refractivity contribution in [3.05, 3.63) is 52.3 Å². The van der Waals surface area contributed by atoms with Gasteiger partial charge in [-0.05, 0) is 18.9 Å². The number of anilines is 1. The third-order valence-electron chi connectivity index (χ3n) is 3.48. The van der Waals surface area contributed by atoms with Crippen molar-refractivity contribution in [1.29, 1.82) is 0 Å². The van der Waals surface area contributed by atoms with E-state index in [1.807, 2.05) is 0 Å². The predicted molar refractivity (Wildman–Crippen MR) is 117 cm³/mol. The monoisotopic (exact) mass is 451 g/mol. The maximum Gasteiger partial charge on any atom is 0.277 e. The Labute approximate surface area is 180 Å². The molecule has 2 heterocycles. The molecule has 0 fully saturated rings. The number of aromatic nitrogens is 4. The highest BCUT2D eigenvalue weighted by atomic mass is 35.5. The molecule has 0 spiro atoms. The van der Waals surface area contributed by atoms with E-state index in [1.165, 1.54) is 40.4 Å². The fraction of sp³-hybridized carbons (Fsp3) is 0.278. The van der Waals surface area contributed by atoms with Gasteiger partial charge in [-0.25, -0.2) is 9.97 Å². The second-order valence-corrected chi connectivity index (χ2v) is 9.47. The van der Waals surface area contributed by atoms with Crippen molar-refractivity contribution >= 4 is 57.5 Å². The summed E-state index contributed by atoms with van der Waals surface area (Å²) >= 11 is 10.5. The van der Waals surface area contributed by atoms with Crippen LogP contribution in [0.3, 0.4) is 0 Å². The molecule has 1 aromatic carbocycles. The van der Waals surface area contributed by atoms with Gasteiger partial charge in [-0.15, -0.1) is 10.2 Å². The summed E-state index contributed by atoms with van der Waals surface area (Å²) in [6, 6.07) is 8.36. The van der Waals surface area contributed by atoms with Gasteiger partial charge in [-0.2, -0.15) is 0 Å². The van der Waals surface area contributed by atoms with E-state index in [4.69, 9.17) is 11.6 Å². The molecule has 0 radical (unpaired) electrons. The fourth-order valence-corrected chi connectivity index (χ4v) is 4.63. The largest absolute Gasteiger partial charge is 0.295 e. The lowest BCUT2D eigenvalue weighted by atomic mass is 10.2. The number of benzene rings is 1. The van der Waals surface area contributed by atoms with Gasteiger partial charge in [-0.1, -0.05) is 83.2 Å². The molecule has 1 N–H and O–H groups in total. The minimum Gasteiger partial charge on any atom is -0.295 e. The van der Waals surface area contributed by atoms with Crippen LogP contribution in [0.4, 0.5) is 5.13 Å². The standard InChI is InChI=1S/C18H18ClN5OS3/c1-3-8-26-16-20-9-13(19)14(21-16)15(25)22-17-23-24-18(28-17)27-10-12-6-4-11(2)5-7-12/h4-7,9H,3,8,10H2,1-2H3,(H,22,23,25). The normalized spacial score (nSPS) is 10.8. The summed E-state index contributed by atoms with van der Waals surface area (Å²) < 4.78 is 0.781. The molecule has 2 aromatic heterocycles. The van der Waals surface area contributed by atoms with Crippen LogP contribution in [0.1, 0.15) is 35.0 Å². The fourth-order valence-electron chi connectivity index (χ4n) is 2.08. The number of rotatable bonds is 8. The predicted octanol–water partition coefficient (Wildman–Crippen LogP) is 5.34. The Balaban J connectivity index is 1.61. The Morgan fingerprint density at radius 1 is 1.21 bits per heavy atom. The highest BCUT2D eigenvalue weighted by Gasteiger charge is 2.17. The number of aryl methyl sites for hydroxylation is 1. The minimum atomic E-state index is -0.419. The molecule has 0 aliphatic heterocycles. The molecule has 0 unspecified atom stereocenters. The number of thioether (sulfide) groups is 2. The second kappa shape index (κ2) is 10.2. The average Bonchev–Trinajstić information content (AvgIpc) is 3.14. The summed E-state index contributed by atoms with van der Waals surface area (Å²) in [5, 5.41) is 12.0. The molecule has 1 amide bonds. The first-order valence-electron chi connectivity index (χ1n) is 8.53. The van der Waals surface area contributed by atoms with Crippen LogP contribution in [0.15, 0.2) is 40.0 Å². The van der Waals surface area contributed by atoms with Crippen LogP contribution in [0.2, 0.25) is 5.02 Å². The van der Waals surface area contributed by atoms with Crippen molar-refractivity contribution in [2.24, 2.45) is 0 Å². The average molecular weight is 452 g/mol. The number of carbonyl (C=O) groups excluding carboxylic acids is 1. The summed E-state index contributed by atoms with van der Waals surface area (Å²) in [4.78, 5) is 20.9. The number of hydrogen-bond donors (Lipinski definition) is 1. The van der Waals surface area contributed by atoms with Gasteiger partial charge >= 0.3 is 0 Å². The number of nitrogens with one attached hydrogen (secondary N) is 1. The van der Waals surface area contributed by atoms with Gasteiger partial charge in [0, 0.05) is 11.5 Å². The quantitative estimate of drug-likeness (QED) is 0.281. The number of carbonyl (C=O) groups is 1. The molecule has 146 valence electrons. The minimum absolute atomic E-state index is 0.138. The molecule has 0 aliphatic rings. The van der Waals surface area contributed by atoms with Gasteiger partial charge < -0.3 is 0 Å². The van der Waals surface area contributed by atoms with Crippen molar-refractivity contribution < 1.29 is 4.79 Å². The van der Waals surface area contributed by atoms with Gasteiger partial charge in [-0.3, -0.25) is 10.1 Å². The molecule has 3 aromatic rings. The summed E-state index contributed by atoms with van der Waals surface area (Å²) in [6.45, 7) is 4.13. The molecule has 10 heteroatoms. The molecule has 0 atom stereocenters. The van der Waals surface area contributed by atoms with Crippen LogP contribution in [0.5, 0.6) is 0 Å². The Morgan fingerprint density at radius 3 is 2.75 bits per heavy atom.